The Morgan fingerprint density at radius 1 is 1.03 bits per heavy atom. The molecule has 1 N–H and O–H groups in total. The zero-order valence-electron chi connectivity index (χ0n) is 17.5. The van der Waals surface area contributed by atoms with Crippen molar-refractivity contribution in [2.75, 3.05) is 6.54 Å². The van der Waals surface area contributed by atoms with Crippen molar-refractivity contribution in [2.45, 2.75) is 25.6 Å². The van der Waals surface area contributed by atoms with Gasteiger partial charge in [0.1, 0.15) is 17.8 Å². The first kappa shape index (κ1) is 21.6. The van der Waals surface area contributed by atoms with Gasteiger partial charge in [0.05, 0.1) is 12.8 Å². The number of nitrogens with zero attached hydrogens (tertiary/aromatic N) is 2. The molecular weight excluding hydrogens is 430 g/mol. The van der Waals surface area contributed by atoms with Crippen molar-refractivity contribution in [2.24, 2.45) is 0 Å². The first-order valence-electron chi connectivity index (χ1n) is 10.1. The molecule has 4 amide bonds. The van der Waals surface area contributed by atoms with Crippen LogP contribution in [-0.2, 0) is 28.2 Å². The maximum atomic E-state index is 13.2. The molecule has 1 atom stereocenters. The molecule has 1 aromatic heterocycles. The molecule has 0 aliphatic carbocycles. The zero-order chi connectivity index (χ0) is 22.7. The summed E-state index contributed by atoms with van der Waals surface area (Å²) in [5.74, 6) is -0.300. The summed E-state index contributed by atoms with van der Waals surface area (Å²) in [7, 11) is 0. The van der Waals surface area contributed by atoms with E-state index in [1.54, 1.807) is 48.2 Å². The molecule has 2 aromatic carbocycles. The molecular formula is C24H22ClN3O4. The first-order valence-corrected chi connectivity index (χ1v) is 10.5. The van der Waals surface area contributed by atoms with E-state index in [0.29, 0.717) is 22.9 Å². The molecule has 1 saturated heterocycles. The van der Waals surface area contributed by atoms with Crippen molar-refractivity contribution in [1.82, 2.24) is 15.1 Å². The van der Waals surface area contributed by atoms with Gasteiger partial charge in [-0.05, 0) is 30.7 Å². The molecule has 2 heterocycles. The van der Waals surface area contributed by atoms with E-state index in [2.05, 4.69) is 5.32 Å². The molecule has 1 fully saturated rings. The fourth-order valence-corrected chi connectivity index (χ4v) is 4.08. The largest absolute Gasteiger partial charge is 0.467 e. The summed E-state index contributed by atoms with van der Waals surface area (Å²) < 4.78 is 5.40. The zero-order valence-corrected chi connectivity index (χ0v) is 18.2. The van der Waals surface area contributed by atoms with Gasteiger partial charge in [-0.15, -0.1) is 0 Å². The summed E-state index contributed by atoms with van der Waals surface area (Å²) in [5, 5.41) is 3.05. The number of hydrogen-bond donors (Lipinski definition) is 1. The third-order valence-electron chi connectivity index (χ3n) is 5.48. The van der Waals surface area contributed by atoms with Crippen molar-refractivity contribution in [3.8, 4) is 0 Å². The highest BCUT2D eigenvalue weighted by Crippen LogP contribution is 2.33. The van der Waals surface area contributed by atoms with Gasteiger partial charge in [0.15, 0.2) is 0 Å². The summed E-state index contributed by atoms with van der Waals surface area (Å²) in [6, 6.07) is 19.2. The number of imide groups is 1. The van der Waals surface area contributed by atoms with Crippen LogP contribution in [0.4, 0.5) is 4.79 Å². The monoisotopic (exact) mass is 451 g/mol. The smallest absolute Gasteiger partial charge is 0.325 e. The van der Waals surface area contributed by atoms with E-state index in [0.717, 1.165) is 10.5 Å². The summed E-state index contributed by atoms with van der Waals surface area (Å²) in [5.41, 5.74) is 0.0539. The van der Waals surface area contributed by atoms with Crippen molar-refractivity contribution in [1.29, 1.82) is 0 Å². The van der Waals surface area contributed by atoms with E-state index in [9.17, 15) is 14.4 Å². The molecule has 0 spiro atoms. The van der Waals surface area contributed by atoms with Gasteiger partial charge in [-0.1, -0.05) is 60.1 Å². The van der Waals surface area contributed by atoms with Crippen LogP contribution in [0.1, 0.15) is 23.8 Å². The highest BCUT2D eigenvalue weighted by Gasteiger charge is 2.50. The van der Waals surface area contributed by atoms with Crippen LogP contribution in [-0.4, -0.2) is 34.2 Å². The molecule has 7 nitrogen and oxygen atoms in total. The lowest BCUT2D eigenvalue weighted by Crippen LogP contribution is -2.44. The normalized spacial score (nSPS) is 18.0. The van der Waals surface area contributed by atoms with Crippen LogP contribution < -0.4 is 5.32 Å². The van der Waals surface area contributed by atoms with Gasteiger partial charge < -0.3 is 14.6 Å². The molecule has 3 aromatic rings. The Kier molecular flexibility index (Phi) is 6.01. The SMILES string of the molecule is C[C@@]1(c2ccccc2Cl)NC(=O)N(CC(=O)N(Cc2ccccc2)Cc2ccco2)C1=O. The summed E-state index contributed by atoms with van der Waals surface area (Å²) in [4.78, 5) is 41.6. The lowest BCUT2D eigenvalue weighted by molar-refractivity contribution is -0.139. The minimum atomic E-state index is -1.35. The number of furan rings is 1. The summed E-state index contributed by atoms with van der Waals surface area (Å²) in [6.45, 7) is 1.72. The lowest BCUT2D eigenvalue weighted by Gasteiger charge is -2.25. The molecule has 0 unspecified atom stereocenters. The number of hydrogen-bond acceptors (Lipinski definition) is 4. The number of rotatable bonds is 7. The fourth-order valence-electron chi connectivity index (χ4n) is 3.75. The van der Waals surface area contributed by atoms with E-state index in [-0.39, 0.29) is 12.5 Å². The molecule has 0 radical (unpaired) electrons. The van der Waals surface area contributed by atoms with Crippen LogP contribution in [0.5, 0.6) is 0 Å². The number of benzene rings is 2. The van der Waals surface area contributed by atoms with Gasteiger partial charge in [0.25, 0.3) is 5.91 Å². The molecule has 1 aliphatic heterocycles. The Balaban J connectivity index is 1.55. The topological polar surface area (TPSA) is 82.9 Å². The van der Waals surface area contributed by atoms with E-state index < -0.39 is 24.0 Å². The molecule has 32 heavy (non-hydrogen) atoms. The third-order valence-corrected chi connectivity index (χ3v) is 5.81. The van der Waals surface area contributed by atoms with Gasteiger partial charge >= 0.3 is 6.03 Å². The molecule has 0 saturated carbocycles. The highest BCUT2D eigenvalue weighted by atomic mass is 35.5. The predicted octanol–water partition coefficient (Wildman–Crippen LogP) is 3.93. The third kappa shape index (κ3) is 4.24. The summed E-state index contributed by atoms with van der Waals surface area (Å²) >= 11 is 6.27. The van der Waals surface area contributed by atoms with Gasteiger partial charge in [0.2, 0.25) is 5.91 Å². The van der Waals surface area contributed by atoms with E-state index in [1.165, 1.54) is 6.26 Å². The number of carbonyl (C=O) groups is 3. The average Bonchev–Trinajstić information content (AvgIpc) is 3.37. The van der Waals surface area contributed by atoms with Crippen molar-refractivity contribution >= 4 is 29.4 Å². The predicted molar refractivity (Wildman–Crippen MR) is 118 cm³/mol. The Bertz CT molecular complexity index is 1130. The minimum Gasteiger partial charge on any atom is -0.467 e. The van der Waals surface area contributed by atoms with Crippen LogP contribution >= 0.6 is 11.6 Å². The molecule has 1 aliphatic rings. The van der Waals surface area contributed by atoms with E-state index >= 15 is 0 Å². The van der Waals surface area contributed by atoms with Gasteiger partial charge in [-0.2, -0.15) is 0 Å². The van der Waals surface area contributed by atoms with Gasteiger partial charge in [-0.3, -0.25) is 14.5 Å². The van der Waals surface area contributed by atoms with Crippen LogP contribution in [0, 0.1) is 0 Å². The molecule has 8 heteroatoms. The quantitative estimate of drug-likeness (QED) is 0.552. The fraction of sp³-hybridized carbons (Fsp3) is 0.208. The van der Waals surface area contributed by atoms with Crippen molar-refractivity contribution in [3.63, 3.8) is 0 Å². The van der Waals surface area contributed by atoms with Crippen LogP contribution in [0.3, 0.4) is 0 Å². The molecule has 0 bridgehead atoms. The Labute approximate surface area is 190 Å². The Hall–Kier alpha value is -3.58. The number of amides is 4. The van der Waals surface area contributed by atoms with Crippen LogP contribution in [0.15, 0.2) is 77.4 Å². The second-order valence-electron chi connectivity index (χ2n) is 7.74. The summed E-state index contributed by atoms with van der Waals surface area (Å²) in [6.07, 6.45) is 1.53. The maximum absolute atomic E-state index is 13.2. The van der Waals surface area contributed by atoms with E-state index in [4.69, 9.17) is 16.0 Å². The maximum Gasteiger partial charge on any atom is 0.325 e. The van der Waals surface area contributed by atoms with Crippen LogP contribution in [0.25, 0.3) is 0 Å². The Morgan fingerprint density at radius 3 is 2.44 bits per heavy atom. The van der Waals surface area contributed by atoms with Crippen molar-refractivity contribution in [3.05, 3.63) is 94.9 Å². The second kappa shape index (κ2) is 8.88. The second-order valence-corrected chi connectivity index (χ2v) is 8.15. The Morgan fingerprint density at radius 2 is 1.75 bits per heavy atom. The van der Waals surface area contributed by atoms with Gasteiger partial charge in [-0.25, -0.2) is 4.79 Å². The highest BCUT2D eigenvalue weighted by molar-refractivity contribution is 6.32. The molecule has 4 rings (SSSR count). The number of halogens is 1. The number of carbonyl (C=O) groups excluding carboxylic acids is 3. The lowest BCUT2D eigenvalue weighted by atomic mass is 9.92. The van der Waals surface area contributed by atoms with E-state index in [1.807, 2.05) is 30.3 Å². The van der Waals surface area contributed by atoms with Crippen molar-refractivity contribution < 1.29 is 18.8 Å². The average molecular weight is 452 g/mol. The first-order chi connectivity index (χ1) is 15.4. The van der Waals surface area contributed by atoms with Crippen LogP contribution in [0.2, 0.25) is 5.02 Å². The van der Waals surface area contributed by atoms with Gasteiger partial charge in [0, 0.05) is 17.1 Å². The number of nitrogens with one attached hydrogen (secondary N) is 1. The standard InChI is InChI=1S/C24H22ClN3O4/c1-24(19-11-5-6-12-20(19)25)22(30)28(23(31)26-24)16-21(29)27(15-18-10-7-13-32-18)14-17-8-3-2-4-9-17/h2-13H,14-16H2,1H3,(H,26,31)/t24-/m0/s1. The number of urea groups is 1. The minimum absolute atomic E-state index is 0.214. The molecule has 164 valence electrons.